The fraction of sp³-hybridized carbons (Fsp3) is 0.421. The van der Waals surface area contributed by atoms with Gasteiger partial charge >= 0.3 is 0 Å². The van der Waals surface area contributed by atoms with Crippen molar-refractivity contribution in [3.63, 3.8) is 0 Å². The van der Waals surface area contributed by atoms with E-state index in [2.05, 4.69) is 0 Å². The number of rotatable bonds is 3. The second kappa shape index (κ2) is 6.16. The van der Waals surface area contributed by atoms with Crippen LogP contribution in [-0.4, -0.2) is 53.7 Å². The van der Waals surface area contributed by atoms with Crippen molar-refractivity contribution < 1.29 is 24.0 Å². The molecule has 1 aliphatic carbocycles. The lowest BCUT2D eigenvalue weighted by Crippen LogP contribution is -2.47. The predicted molar refractivity (Wildman–Crippen MR) is 91.0 cm³/mol. The summed E-state index contributed by atoms with van der Waals surface area (Å²) in [6.07, 6.45) is 1.79. The summed E-state index contributed by atoms with van der Waals surface area (Å²) >= 11 is 0. The number of hydrogen-bond donors (Lipinski definition) is 0. The van der Waals surface area contributed by atoms with Gasteiger partial charge in [-0.2, -0.15) is 0 Å². The van der Waals surface area contributed by atoms with Gasteiger partial charge in [-0.05, 0) is 25.0 Å². The summed E-state index contributed by atoms with van der Waals surface area (Å²) in [5, 5.41) is 0. The highest BCUT2D eigenvalue weighted by Gasteiger charge is 2.46. The molecule has 2 amide bonds. The van der Waals surface area contributed by atoms with Crippen molar-refractivity contribution in [1.82, 2.24) is 4.90 Å². The largest absolute Gasteiger partial charge is 0.370 e. The van der Waals surface area contributed by atoms with E-state index in [4.69, 9.17) is 0 Å². The highest BCUT2D eigenvalue weighted by Crippen LogP contribution is 2.36. The number of hydrogen-bond acceptors (Lipinski definition) is 6. The maximum Gasteiger partial charge on any atom is 0.264 e. The summed E-state index contributed by atoms with van der Waals surface area (Å²) in [5.74, 6) is -1.58. The molecule has 134 valence electrons. The molecule has 4 rings (SSSR count). The molecular formula is C19H18N2O5. The fourth-order valence-corrected chi connectivity index (χ4v) is 4.08. The maximum atomic E-state index is 13.0. The van der Waals surface area contributed by atoms with E-state index >= 15 is 0 Å². The lowest BCUT2D eigenvalue weighted by molar-refractivity contribution is -0.132. The van der Waals surface area contributed by atoms with Gasteiger partial charge in [0, 0.05) is 25.4 Å². The van der Waals surface area contributed by atoms with Gasteiger partial charge in [0.2, 0.25) is 0 Å². The van der Waals surface area contributed by atoms with E-state index < -0.39 is 17.9 Å². The molecule has 0 bridgehead atoms. The monoisotopic (exact) mass is 354 g/mol. The first-order chi connectivity index (χ1) is 12.5. The second-order valence-electron chi connectivity index (χ2n) is 7.05. The zero-order valence-corrected chi connectivity index (χ0v) is 14.1. The van der Waals surface area contributed by atoms with Crippen LogP contribution in [0.1, 0.15) is 46.4 Å². The van der Waals surface area contributed by atoms with Crippen molar-refractivity contribution in [1.29, 1.82) is 0 Å². The number of benzene rings is 1. The third kappa shape index (κ3) is 2.46. The lowest BCUT2D eigenvalue weighted by atomic mass is 9.92. The van der Waals surface area contributed by atoms with Crippen LogP contribution in [0, 0.1) is 5.92 Å². The summed E-state index contributed by atoms with van der Waals surface area (Å²) in [4.78, 5) is 63.5. The van der Waals surface area contributed by atoms with E-state index in [0.717, 1.165) is 11.2 Å². The standard InChI is InChI=1S/C19H18N2O5/c22-10-11-6-7-20(9-11)15-3-1-2-13-17(15)19(26)21(18(13)25)14-5-4-12(23)8-16(14)24/h1-3,10-11,14H,4-9H2/t11-,14?/m0/s1. The average molecular weight is 354 g/mol. The number of nitrogens with zero attached hydrogens (tertiary/aromatic N) is 2. The van der Waals surface area contributed by atoms with Crippen LogP contribution in [0.2, 0.25) is 0 Å². The van der Waals surface area contributed by atoms with Crippen LogP contribution in [0.4, 0.5) is 5.69 Å². The molecule has 1 saturated heterocycles. The Hall–Kier alpha value is -2.83. The topological polar surface area (TPSA) is 91.8 Å². The molecule has 7 heteroatoms. The van der Waals surface area contributed by atoms with Crippen LogP contribution in [0.3, 0.4) is 0 Å². The third-order valence-corrected chi connectivity index (χ3v) is 5.43. The number of fused-ring (bicyclic) bond motifs is 1. The highest BCUT2D eigenvalue weighted by molar-refractivity contribution is 6.25. The van der Waals surface area contributed by atoms with Gasteiger partial charge in [-0.15, -0.1) is 0 Å². The SMILES string of the molecule is O=C[C@H]1CCN(c2cccc3c2C(=O)N(C2CCC(=O)CC2=O)C3=O)C1. The maximum absolute atomic E-state index is 13.0. The Balaban J connectivity index is 1.69. The van der Waals surface area contributed by atoms with Crippen molar-refractivity contribution in [3.05, 3.63) is 29.3 Å². The minimum Gasteiger partial charge on any atom is -0.370 e. The van der Waals surface area contributed by atoms with Gasteiger partial charge in [-0.3, -0.25) is 24.1 Å². The van der Waals surface area contributed by atoms with E-state index in [-0.39, 0.29) is 42.3 Å². The molecule has 0 radical (unpaired) electrons. The molecule has 2 aliphatic heterocycles. The molecular weight excluding hydrogens is 336 g/mol. The first kappa shape index (κ1) is 16.6. The first-order valence-corrected chi connectivity index (χ1v) is 8.77. The number of amides is 2. The number of Topliss-reactive ketones (excluding diaryl/α,β-unsaturated/α-hetero) is 2. The number of carbonyl (C=O) groups excluding carboxylic acids is 5. The summed E-state index contributed by atoms with van der Waals surface area (Å²) in [7, 11) is 0. The third-order valence-electron chi connectivity index (χ3n) is 5.43. The van der Waals surface area contributed by atoms with E-state index in [0.29, 0.717) is 30.8 Å². The Kier molecular flexibility index (Phi) is 3.94. The van der Waals surface area contributed by atoms with Crippen LogP contribution >= 0.6 is 0 Å². The molecule has 26 heavy (non-hydrogen) atoms. The second-order valence-corrected chi connectivity index (χ2v) is 7.05. The van der Waals surface area contributed by atoms with E-state index in [1.54, 1.807) is 18.2 Å². The first-order valence-electron chi connectivity index (χ1n) is 8.77. The average Bonchev–Trinajstić information content (AvgIpc) is 3.20. The molecule has 2 atom stereocenters. The van der Waals surface area contributed by atoms with Gasteiger partial charge in [0.15, 0.2) is 5.78 Å². The molecule has 0 N–H and O–H groups in total. The number of anilines is 1. The van der Waals surface area contributed by atoms with Gasteiger partial charge in [0.1, 0.15) is 12.1 Å². The minimum absolute atomic E-state index is 0.0832. The van der Waals surface area contributed by atoms with E-state index in [1.807, 2.05) is 4.90 Å². The number of aldehydes is 1. The number of carbonyl (C=O) groups is 5. The predicted octanol–water partition coefficient (Wildman–Crippen LogP) is 0.999. The normalized spacial score (nSPS) is 25.8. The van der Waals surface area contributed by atoms with Crippen molar-refractivity contribution in [2.24, 2.45) is 5.92 Å². The smallest absolute Gasteiger partial charge is 0.264 e. The Labute approximate surface area is 149 Å². The summed E-state index contributed by atoms with van der Waals surface area (Å²) in [6, 6.07) is 4.20. The summed E-state index contributed by atoms with van der Waals surface area (Å²) < 4.78 is 0. The van der Waals surface area contributed by atoms with E-state index in [9.17, 15) is 24.0 Å². The fourth-order valence-electron chi connectivity index (χ4n) is 4.08. The molecule has 0 aromatic heterocycles. The molecule has 7 nitrogen and oxygen atoms in total. The molecule has 1 saturated carbocycles. The molecule has 1 unspecified atom stereocenters. The van der Waals surface area contributed by atoms with Gasteiger partial charge in [-0.25, -0.2) is 0 Å². The summed E-state index contributed by atoms with van der Waals surface area (Å²) in [5.41, 5.74) is 1.22. The molecule has 2 heterocycles. The zero-order valence-electron chi connectivity index (χ0n) is 14.1. The van der Waals surface area contributed by atoms with Crippen molar-refractivity contribution in [3.8, 4) is 0 Å². The van der Waals surface area contributed by atoms with Crippen molar-refractivity contribution >= 4 is 35.4 Å². The Bertz CT molecular complexity index is 846. The van der Waals surface area contributed by atoms with Crippen LogP contribution in [0.15, 0.2) is 18.2 Å². The lowest BCUT2D eigenvalue weighted by Gasteiger charge is -2.27. The highest BCUT2D eigenvalue weighted by atomic mass is 16.2. The quantitative estimate of drug-likeness (QED) is 0.457. The van der Waals surface area contributed by atoms with Gasteiger partial charge in [0.05, 0.1) is 29.3 Å². The minimum atomic E-state index is -0.866. The zero-order chi connectivity index (χ0) is 18.4. The van der Waals surface area contributed by atoms with Crippen LogP contribution < -0.4 is 4.90 Å². The van der Waals surface area contributed by atoms with Crippen molar-refractivity contribution in [2.45, 2.75) is 31.7 Å². The van der Waals surface area contributed by atoms with Gasteiger partial charge < -0.3 is 9.69 Å². The summed E-state index contributed by atoms with van der Waals surface area (Å²) in [6.45, 7) is 1.15. The molecule has 1 aromatic rings. The number of imide groups is 1. The van der Waals surface area contributed by atoms with Crippen LogP contribution in [0.5, 0.6) is 0 Å². The molecule has 2 fully saturated rings. The van der Waals surface area contributed by atoms with Gasteiger partial charge in [-0.1, -0.05) is 6.07 Å². The number of ketones is 2. The molecule has 1 aromatic carbocycles. The Morgan fingerprint density at radius 1 is 1.04 bits per heavy atom. The van der Waals surface area contributed by atoms with Gasteiger partial charge in [0.25, 0.3) is 11.8 Å². The Morgan fingerprint density at radius 2 is 1.85 bits per heavy atom. The van der Waals surface area contributed by atoms with Crippen LogP contribution in [-0.2, 0) is 14.4 Å². The Morgan fingerprint density at radius 3 is 2.54 bits per heavy atom. The van der Waals surface area contributed by atoms with Crippen molar-refractivity contribution in [2.75, 3.05) is 18.0 Å². The molecule has 3 aliphatic rings. The molecule has 0 spiro atoms. The van der Waals surface area contributed by atoms with E-state index in [1.165, 1.54) is 0 Å². The van der Waals surface area contributed by atoms with Crippen LogP contribution in [0.25, 0.3) is 0 Å².